The maximum Gasteiger partial charge on any atom is 0.251 e. The highest BCUT2D eigenvalue weighted by Crippen LogP contribution is 2.24. The molecule has 0 amide bonds. The summed E-state index contributed by atoms with van der Waals surface area (Å²) >= 11 is 5.99. The number of aromatic nitrogens is 2. The standard InChI is InChI=1S/C26H17ClN2O2/c27-19-12-9-17(10-13-19)15-29-16-21(20-6-2-4-8-24(20)29)25(30)26(31)23-14-11-18-5-1-3-7-22(18)28-23/h1-14,16H,15H2. The molecule has 150 valence electrons. The number of para-hydroxylation sites is 2. The molecule has 0 saturated heterocycles. The molecule has 0 unspecified atom stereocenters. The molecule has 0 aliphatic rings. The van der Waals surface area contributed by atoms with Crippen molar-refractivity contribution in [1.82, 2.24) is 9.55 Å². The highest BCUT2D eigenvalue weighted by atomic mass is 35.5. The van der Waals surface area contributed by atoms with E-state index in [4.69, 9.17) is 11.6 Å². The summed E-state index contributed by atoms with van der Waals surface area (Å²) in [5.74, 6) is -1.17. The fourth-order valence-electron chi connectivity index (χ4n) is 3.78. The van der Waals surface area contributed by atoms with Gasteiger partial charge in [0.25, 0.3) is 5.78 Å². The Morgan fingerprint density at radius 3 is 2.39 bits per heavy atom. The Kier molecular flexibility index (Phi) is 4.85. The summed E-state index contributed by atoms with van der Waals surface area (Å²) in [6, 6.07) is 26.1. The van der Waals surface area contributed by atoms with Crippen molar-refractivity contribution in [3.63, 3.8) is 0 Å². The van der Waals surface area contributed by atoms with Gasteiger partial charge in [0.1, 0.15) is 5.69 Å². The van der Waals surface area contributed by atoms with Crippen LogP contribution in [0.3, 0.4) is 0 Å². The van der Waals surface area contributed by atoms with E-state index in [0.717, 1.165) is 21.9 Å². The molecule has 2 aromatic heterocycles. The van der Waals surface area contributed by atoms with Gasteiger partial charge >= 0.3 is 0 Å². The Balaban J connectivity index is 1.53. The second-order valence-electron chi connectivity index (χ2n) is 7.36. The molecule has 0 aliphatic carbocycles. The number of Topliss-reactive ketones (excluding diaryl/α,β-unsaturated/α-hetero) is 2. The Hall–Kier alpha value is -3.76. The average Bonchev–Trinajstić information content (AvgIpc) is 3.17. The first-order valence-corrected chi connectivity index (χ1v) is 10.2. The quantitative estimate of drug-likeness (QED) is 0.258. The lowest BCUT2D eigenvalue weighted by molar-refractivity contribution is 0.0815. The normalized spacial score (nSPS) is 11.1. The summed E-state index contributed by atoms with van der Waals surface area (Å²) in [4.78, 5) is 30.6. The number of benzene rings is 3. The largest absolute Gasteiger partial charge is 0.342 e. The summed E-state index contributed by atoms with van der Waals surface area (Å²) in [6.07, 6.45) is 1.75. The van der Waals surface area contributed by atoms with Gasteiger partial charge in [-0.3, -0.25) is 9.59 Å². The van der Waals surface area contributed by atoms with Crippen molar-refractivity contribution >= 4 is 45.0 Å². The second-order valence-corrected chi connectivity index (χ2v) is 7.80. The first-order chi connectivity index (χ1) is 15.1. The molecular weight excluding hydrogens is 408 g/mol. The zero-order valence-electron chi connectivity index (χ0n) is 16.5. The van der Waals surface area contributed by atoms with Crippen LogP contribution in [0.15, 0.2) is 91.1 Å². The van der Waals surface area contributed by atoms with Gasteiger partial charge in [0.15, 0.2) is 0 Å². The molecule has 5 aromatic rings. The molecule has 4 nitrogen and oxygen atoms in total. The van der Waals surface area contributed by atoms with Gasteiger partial charge in [-0.05, 0) is 35.9 Å². The number of ketones is 2. The molecule has 0 aliphatic heterocycles. The van der Waals surface area contributed by atoms with Gasteiger partial charge in [0.2, 0.25) is 5.78 Å². The fourth-order valence-corrected chi connectivity index (χ4v) is 3.90. The molecule has 2 heterocycles. The van der Waals surface area contributed by atoms with Crippen molar-refractivity contribution in [2.45, 2.75) is 6.54 Å². The van der Waals surface area contributed by atoms with E-state index in [1.165, 1.54) is 0 Å². The molecule has 3 aromatic carbocycles. The number of halogens is 1. The van der Waals surface area contributed by atoms with E-state index in [1.54, 1.807) is 12.3 Å². The van der Waals surface area contributed by atoms with Gasteiger partial charge in [-0.2, -0.15) is 0 Å². The third-order valence-corrected chi connectivity index (χ3v) is 5.59. The minimum absolute atomic E-state index is 0.151. The number of pyridine rings is 1. The third kappa shape index (κ3) is 3.62. The lowest BCUT2D eigenvalue weighted by Gasteiger charge is -2.05. The van der Waals surface area contributed by atoms with Gasteiger partial charge in [-0.1, -0.05) is 66.2 Å². The van der Waals surface area contributed by atoms with E-state index in [-0.39, 0.29) is 5.69 Å². The number of carbonyl (C=O) groups excluding carboxylic acids is 2. The predicted molar refractivity (Wildman–Crippen MR) is 123 cm³/mol. The Morgan fingerprint density at radius 1 is 0.806 bits per heavy atom. The molecule has 0 atom stereocenters. The minimum atomic E-state index is -0.611. The van der Waals surface area contributed by atoms with E-state index in [9.17, 15) is 9.59 Å². The van der Waals surface area contributed by atoms with Gasteiger partial charge < -0.3 is 4.57 Å². The van der Waals surface area contributed by atoms with Crippen LogP contribution >= 0.6 is 11.6 Å². The Morgan fingerprint density at radius 2 is 1.55 bits per heavy atom. The van der Waals surface area contributed by atoms with Crippen LogP contribution in [0.25, 0.3) is 21.8 Å². The van der Waals surface area contributed by atoms with Crippen LogP contribution in [0.1, 0.15) is 26.4 Å². The van der Waals surface area contributed by atoms with Crippen molar-refractivity contribution in [2.75, 3.05) is 0 Å². The Bertz CT molecular complexity index is 1450. The summed E-state index contributed by atoms with van der Waals surface area (Å²) in [7, 11) is 0. The van der Waals surface area contributed by atoms with E-state index >= 15 is 0 Å². The van der Waals surface area contributed by atoms with Crippen molar-refractivity contribution in [3.05, 3.63) is 113 Å². The third-order valence-electron chi connectivity index (χ3n) is 5.34. The molecule has 5 rings (SSSR count). The van der Waals surface area contributed by atoms with E-state index < -0.39 is 11.6 Å². The second kappa shape index (κ2) is 7.82. The molecule has 5 heteroatoms. The molecule has 0 saturated carbocycles. The van der Waals surface area contributed by atoms with Crippen molar-refractivity contribution < 1.29 is 9.59 Å². The van der Waals surface area contributed by atoms with Gasteiger partial charge in [-0.25, -0.2) is 4.98 Å². The van der Waals surface area contributed by atoms with Crippen LogP contribution < -0.4 is 0 Å². The van der Waals surface area contributed by atoms with Gasteiger partial charge in [-0.15, -0.1) is 0 Å². The van der Waals surface area contributed by atoms with Crippen LogP contribution in [0.5, 0.6) is 0 Å². The lowest BCUT2D eigenvalue weighted by atomic mass is 10.0. The molecule has 31 heavy (non-hydrogen) atoms. The van der Waals surface area contributed by atoms with Crippen molar-refractivity contribution in [2.24, 2.45) is 0 Å². The average molecular weight is 425 g/mol. The highest BCUT2D eigenvalue weighted by molar-refractivity contribution is 6.50. The monoisotopic (exact) mass is 424 g/mol. The number of fused-ring (bicyclic) bond motifs is 2. The maximum atomic E-state index is 13.2. The Labute approximate surface area is 183 Å². The maximum absolute atomic E-state index is 13.2. The predicted octanol–water partition coefficient (Wildman–Crippen LogP) is 5.96. The molecule has 0 bridgehead atoms. The lowest BCUT2D eigenvalue weighted by Crippen LogP contribution is -2.15. The smallest absolute Gasteiger partial charge is 0.251 e. The minimum Gasteiger partial charge on any atom is -0.342 e. The zero-order chi connectivity index (χ0) is 21.4. The summed E-state index contributed by atoms with van der Waals surface area (Å²) in [5, 5.41) is 2.34. The van der Waals surface area contributed by atoms with Crippen LogP contribution in [0, 0.1) is 0 Å². The van der Waals surface area contributed by atoms with Gasteiger partial charge in [0.05, 0.1) is 11.1 Å². The zero-order valence-corrected chi connectivity index (χ0v) is 17.2. The topological polar surface area (TPSA) is 52.0 Å². The van der Waals surface area contributed by atoms with E-state index in [1.807, 2.05) is 83.4 Å². The van der Waals surface area contributed by atoms with E-state index in [0.29, 0.717) is 22.6 Å². The van der Waals surface area contributed by atoms with Gasteiger partial charge in [0, 0.05) is 34.1 Å². The van der Waals surface area contributed by atoms with Crippen LogP contribution in [0.4, 0.5) is 0 Å². The molecule has 0 fully saturated rings. The SMILES string of the molecule is O=C(C(=O)c1cn(Cc2ccc(Cl)cc2)c2ccccc12)c1ccc2ccccc2n1. The highest BCUT2D eigenvalue weighted by Gasteiger charge is 2.24. The fraction of sp³-hybridized carbons (Fsp3) is 0.0385. The first-order valence-electron chi connectivity index (χ1n) is 9.87. The summed E-state index contributed by atoms with van der Waals surface area (Å²) < 4.78 is 1.98. The first kappa shape index (κ1) is 19.2. The van der Waals surface area contributed by atoms with E-state index in [2.05, 4.69) is 4.98 Å². The van der Waals surface area contributed by atoms with Crippen molar-refractivity contribution in [1.29, 1.82) is 0 Å². The van der Waals surface area contributed by atoms with Crippen LogP contribution in [-0.4, -0.2) is 21.1 Å². The van der Waals surface area contributed by atoms with Crippen molar-refractivity contribution in [3.8, 4) is 0 Å². The number of hydrogen-bond acceptors (Lipinski definition) is 3. The number of nitrogens with zero attached hydrogens (tertiary/aromatic N) is 2. The molecule has 0 radical (unpaired) electrons. The number of carbonyl (C=O) groups is 2. The van der Waals surface area contributed by atoms with Crippen LogP contribution in [-0.2, 0) is 6.54 Å². The van der Waals surface area contributed by atoms with Crippen LogP contribution in [0.2, 0.25) is 5.02 Å². The summed E-state index contributed by atoms with van der Waals surface area (Å²) in [5.41, 5.74) is 3.15. The molecule has 0 N–H and O–H groups in total. The number of rotatable bonds is 5. The molecule has 0 spiro atoms. The molecular formula is C26H17ClN2O2. The summed E-state index contributed by atoms with van der Waals surface area (Å²) in [6.45, 7) is 0.563. The number of hydrogen-bond donors (Lipinski definition) is 0.